The van der Waals surface area contributed by atoms with Gasteiger partial charge in [0.25, 0.3) is 0 Å². The Morgan fingerprint density at radius 3 is 2.59 bits per heavy atom. The van der Waals surface area contributed by atoms with Gasteiger partial charge in [-0.1, -0.05) is 29.8 Å². The molecule has 0 bridgehead atoms. The van der Waals surface area contributed by atoms with Crippen molar-refractivity contribution in [1.29, 1.82) is 0 Å². The second-order valence-electron chi connectivity index (χ2n) is 4.23. The zero-order valence-corrected chi connectivity index (χ0v) is 10.5. The van der Waals surface area contributed by atoms with Crippen LogP contribution < -0.4 is 5.73 Å². The van der Waals surface area contributed by atoms with Crippen molar-refractivity contribution in [3.05, 3.63) is 64.4 Å². The Morgan fingerprint density at radius 1 is 1.24 bits per heavy atom. The molecule has 0 saturated carbocycles. The molecule has 2 aromatic rings. The number of nitrogens with zero attached hydrogens (tertiary/aromatic N) is 1. The van der Waals surface area contributed by atoms with E-state index in [0.29, 0.717) is 0 Å². The van der Waals surface area contributed by atoms with E-state index in [0.717, 1.165) is 22.6 Å². The van der Waals surface area contributed by atoms with E-state index in [1.165, 1.54) is 5.56 Å². The maximum atomic E-state index is 6.16. The van der Waals surface area contributed by atoms with E-state index in [9.17, 15) is 0 Å². The van der Waals surface area contributed by atoms with Crippen molar-refractivity contribution in [1.82, 2.24) is 4.98 Å². The third-order valence-corrected chi connectivity index (χ3v) is 2.95. The third kappa shape index (κ3) is 3.29. The average Bonchev–Trinajstić information content (AvgIpc) is 2.32. The van der Waals surface area contributed by atoms with Crippen molar-refractivity contribution < 1.29 is 0 Å². The number of aromatic nitrogens is 1. The lowest BCUT2D eigenvalue weighted by Crippen LogP contribution is -2.13. The summed E-state index contributed by atoms with van der Waals surface area (Å²) in [6.07, 6.45) is 4.45. The molecule has 2 rings (SSSR count). The Kier molecular flexibility index (Phi) is 3.77. The van der Waals surface area contributed by atoms with Gasteiger partial charge in [-0.05, 0) is 42.2 Å². The van der Waals surface area contributed by atoms with Crippen LogP contribution in [0, 0.1) is 6.92 Å². The first-order chi connectivity index (χ1) is 8.15. The van der Waals surface area contributed by atoms with Gasteiger partial charge in [-0.3, -0.25) is 4.98 Å². The fourth-order valence-electron chi connectivity index (χ4n) is 1.77. The first-order valence-electron chi connectivity index (χ1n) is 5.57. The van der Waals surface area contributed by atoms with Crippen molar-refractivity contribution in [2.24, 2.45) is 5.73 Å². The predicted octanol–water partition coefficient (Wildman–Crippen LogP) is 3.29. The summed E-state index contributed by atoms with van der Waals surface area (Å²) in [6.45, 7) is 2.02. The molecule has 0 spiro atoms. The maximum Gasteiger partial charge on any atom is 0.0406 e. The molecule has 1 aromatic heterocycles. The van der Waals surface area contributed by atoms with Crippen LogP contribution in [-0.4, -0.2) is 4.98 Å². The molecule has 0 saturated heterocycles. The molecule has 1 atom stereocenters. The van der Waals surface area contributed by atoms with Crippen molar-refractivity contribution in [2.75, 3.05) is 0 Å². The van der Waals surface area contributed by atoms with E-state index in [1.807, 2.05) is 43.6 Å². The molecule has 0 aliphatic carbocycles. The number of hydrogen-bond donors (Lipinski definition) is 1. The Labute approximate surface area is 106 Å². The highest BCUT2D eigenvalue weighted by Gasteiger charge is 2.07. The Hall–Kier alpha value is -1.38. The van der Waals surface area contributed by atoms with Gasteiger partial charge < -0.3 is 5.73 Å². The SMILES string of the molecule is Cc1cncc(C(N)Cc2ccc(Cl)cc2)c1. The lowest BCUT2D eigenvalue weighted by atomic mass is 10.0. The quantitative estimate of drug-likeness (QED) is 0.903. The molecule has 3 heteroatoms. The Bertz CT molecular complexity index is 494. The number of aryl methyl sites for hydroxylation is 1. The van der Waals surface area contributed by atoms with E-state index < -0.39 is 0 Å². The molecule has 2 N–H and O–H groups in total. The summed E-state index contributed by atoms with van der Waals surface area (Å²) < 4.78 is 0. The zero-order chi connectivity index (χ0) is 12.3. The van der Waals surface area contributed by atoms with E-state index in [2.05, 4.69) is 11.1 Å². The average molecular weight is 247 g/mol. The number of rotatable bonds is 3. The van der Waals surface area contributed by atoms with Crippen molar-refractivity contribution in [3.63, 3.8) is 0 Å². The lowest BCUT2D eigenvalue weighted by molar-refractivity contribution is 0.717. The minimum absolute atomic E-state index is 0.0245. The molecule has 88 valence electrons. The molecule has 0 radical (unpaired) electrons. The smallest absolute Gasteiger partial charge is 0.0406 e. The molecule has 0 aliphatic rings. The van der Waals surface area contributed by atoms with Crippen LogP contribution in [0.25, 0.3) is 0 Å². The molecule has 0 amide bonds. The summed E-state index contributed by atoms with van der Waals surface area (Å²) in [7, 11) is 0. The largest absolute Gasteiger partial charge is 0.324 e. The van der Waals surface area contributed by atoms with E-state index in [4.69, 9.17) is 17.3 Å². The van der Waals surface area contributed by atoms with E-state index in [-0.39, 0.29) is 6.04 Å². The molecule has 2 nitrogen and oxygen atoms in total. The summed E-state index contributed by atoms with van der Waals surface area (Å²) in [5.41, 5.74) is 9.55. The van der Waals surface area contributed by atoms with Crippen molar-refractivity contribution in [3.8, 4) is 0 Å². The fraction of sp³-hybridized carbons (Fsp3) is 0.214. The fourth-order valence-corrected chi connectivity index (χ4v) is 1.90. The predicted molar refractivity (Wildman–Crippen MR) is 71.1 cm³/mol. The topological polar surface area (TPSA) is 38.9 Å². The van der Waals surface area contributed by atoms with Crippen molar-refractivity contribution >= 4 is 11.6 Å². The molecule has 17 heavy (non-hydrogen) atoms. The lowest BCUT2D eigenvalue weighted by Gasteiger charge is -2.12. The standard InChI is InChI=1S/C14H15ClN2/c1-10-6-12(9-17-8-10)14(16)7-11-2-4-13(15)5-3-11/h2-6,8-9,14H,7,16H2,1H3. The third-order valence-electron chi connectivity index (χ3n) is 2.69. The van der Waals surface area contributed by atoms with Gasteiger partial charge in [0, 0.05) is 23.5 Å². The summed E-state index contributed by atoms with van der Waals surface area (Å²) in [5.74, 6) is 0. The Balaban J connectivity index is 2.11. The first-order valence-corrected chi connectivity index (χ1v) is 5.94. The van der Waals surface area contributed by atoms with Crippen LogP contribution >= 0.6 is 11.6 Å². The van der Waals surface area contributed by atoms with Gasteiger partial charge in [0.1, 0.15) is 0 Å². The second-order valence-corrected chi connectivity index (χ2v) is 4.67. The first kappa shape index (κ1) is 12.1. The van der Waals surface area contributed by atoms with Crippen LogP contribution in [0.5, 0.6) is 0 Å². The second kappa shape index (κ2) is 5.30. The van der Waals surface area contributed by atoms with Crippen LogP contribution in [0.15, 0.2) is 42.7 Å². The number of pyridine rings is 1. The van der Waals surface area contributed by atoms with Crippen LogP contribution in [-0.2, 0) is 6.42 Å². The minimum Gasteiger partial charge on any atom is -0.324 e. The molecule has 0 fully saturated rings. The highest BCUT2D eigenvalue weighted by molar-refractivity contribution is 6.30. The minimum atomic E-state index is -0.0245. The number of benzene rings is 1. The highest BCUT2D eigenvalue weighted by atomic mass is 35.5. The monoisotopic (exact) mass is 246 g/mol. The van der Waals surface area contributed by atoms with Crippen LogP contribution in [0.2, 0.25) is 5.02 Å². The molecule has 0 aliphatic heterocycles. The van der Waals surface area contributed by atoms with Gasteiger partial charge in [0.2, 0.25) is 0 Å². The van der Waals surface area contributed by atoms with Crippen LogP contribution in [0.4, 0.5) is 0 Å². The zero-order valence-electron chi connectivity index (χ0n) is 9.73. The van der Waals surface area contributed by atoms with Crippen LogP contribution in [0.1, 0.15) is 22.7 Å². The summed E-state index contributed by atoms with van der Waals surface area (Å²) in [5, 5.41) is 0.750. The molecular weight excluding hydrogens is 232 g/mol. The summed E-state index contributed by atoms with van der Waals surface area (Å²) >= 11 is 5.84. The number of nitrogens with two attached hydrogens (primary N) is 1. The van der Waals surface area contributed by atoms with Gasteiger partial charge in [-0.25, -0.2) is 0 Å². The van der Waals surface area contributed by atoms with Crippen molar-refractivity contribution in [2.45, 2.75) is 19.4 Å². The summed E-state index contributed by atoms with van der Waals surface area (Å²) in [6, 6.07) is 9.84. The van der Waals surface area contributed by atoms with Gasteiger partial charge in [-0.15, -0.1) is 0 Å². The van der Waals surface area contributed by atoms with E-state index in [1.54, 1.807) is 0 Å². The van der Waals surface area contributed by atoms with E-state index >= 15 is 0 Å². The maximum absolute atomic E-state index is 6.16. The van der Waals surface area contributed by atoms with Gasteiger partial charge in [-0.2, -0.15) is 0 Å². The summed E-state index contributed by atoms with van der Waals surface area (Å²) in [4.78, 5) is 4.16. The molecular formula is C14H15ClN2. The van der Waals surface area contributed by atoms with Gasteiger partial charge in [0.05, 0.1) is 0 Å². The van der Waals surface area contributed by atoms with Gasteiger partial charge in [0.15, 0.2) is 0 Å². The molecule has 1 heterocycles. The van der Waals surface area contributed by atoms with Gasteiger partial charge >= 0.3 is 0 Å². The molecule has 1 aromatic carbocycles. The van der Waals surface area contributed by atoms with Crippen LogP contribution in [0.3, 0.4) is 0 Å². The normalized spacial score (nSPS) is 12.4. The molecule has 1 unspecified atom stereocenters. The number of halogens is 1. The number of hydrogen-bond acceptors (Lipinski definition) is 2. The highest BCUT2D eigenvalue weighted by Crippen LogP contribution is 2.17. The Morgan fingerprint density at radius 2 is 1.94 bits per heavy atom.